The van der Waals surface area contributed by atoms with Crippen molar-refractivity contribution < 1.29 is 19.4 Å². The molecule has 7 heteroatoms. The van der Waals surface area contributed by atoms with Gasteiger partial charge in [-0.3, -0.25) is 4.79 Å². The maximum absolute atomic E-state index is 12.6. The molecule has 2 aliphatic rings. The molecule has 2 heterocycles. The molecule has 0 aromatic heterocycles. The number of ether oxygens (including phenoxy) is 2. The number of carbonyl (C=O) groups is 1. The Hall–Kier alpha value is -1.50. The molecule has 0 saturated carbocycles. The second-order valence-electron chi connectivity index (χ2n) is 6.15. The maximum Gasteiger partial charge on any atom is 0.224 e. The van der Waals surface area contributed by atoms with Crippen LogP contribution < -0.4 is 14.8 Å². The van der Waals surface area contributed by atoms with Gasteiger partial charge >= 0.3 is 0 Å². The number of hydrogen-bond acceptors (Lipinski definition) is 5. The number of aliphatic hydroxyl groups excluding tert-OH is 1. The van der Waals surface area contributed by atoms with Crippen molar-refractivity contribution in [2.45, 2.75) is 38.0 Å². The van der Waals surface area contributed by atoms with Crippen molar-refractivity contribution in [2.24, 2.45) is 0 Å². The number of halogens is 1. The standard InChI is InChI=1S/C17H24N2O4.ClH/c1-22-14-5-6-15(23-2)17-12(14)9-19(10-13(17)20)16(21)8-11-4-3-7-18-11;/h5-6,11,13,18,20H,3-4,7-10H2,1-2H3;1H. The fourth-order valence-corrected chi connectivity index (χ4v) is 3.54. The van der Waals surface area contributed by atoms with Crippen molar-refractivity contribution in [1.29, 1.82) is 0 Å². The van der Waals surface area contributed by atoms with E-state index < -0.39 is 6.10 Å². The van der Waals surface area contributed by atoms with Crippen molar-refractivity contribution in [3.63, 3.8) is 0 Å². The van der Waals surface area contributed by atoms with Crippen LogP contribution in [0.4, 0.5) is 0 Å². The lowest BCUT2D eigenvalue weighted by atomic mass is 9.94. The molecule has 134 valence electrons. The molecule has 24 heavy (non-hydrogen) atoms. The summed E-state index contributed by atoms with van der Waals surface area (Å²) in [5, 5.41) is 13.9. The van der Waals surface area contributed by atoms with E-state index in [1.54, 1.807) is 25.2 Å². The average molecular weight is 357 g/mol. The molecule has 0 aliphatic carbocycles. The third-order valence-corrected chi connectivity index (χ3v) is 4.73. The Morgan fingerprint density at radius 1 is 1.33 bits per heavy atom. The number of methoxy groups -OCH3 is 2. The number of amides is 1. The highest BCUT2D eigenvalue weighted by Gasteiger charge is 2.32. The molecule has 1 amide bonds. The van der Waals surface area contributed by atoms with Crippen LogP contribution >= 0.6 is 12.4 Å². The lowest BCUT2D eigenvalue weighted by Gasteiger charge is -2.34. The Balaban J connectivity index is 0.00000208. The molecule has 2 atom stereocenters. The van der Waals surface area contributed by atoms with Crippen LogP contribution in [0.3, 0.4) is 0 Å². The van der Waals surface area contributed by atoms with E-state index in [0.717, 1.165) is 30.5 Å². The average Bonchev–Trinajstić information content (AvgIpc) is 3.06. The molecule has 0 bridgehead atoms. The first-order chi connectivity index (χ1) is 11.1. The molecule has 1 saturated heterocycles. The Bertz CT molecular complexity index is 590. The Morgan fingerprint density at radius 3 is 2.67 bits per heavy atom. The van der Waals surface area contributed by atoms with Gasteiger partial charge < -0.3 is 24.8 Å². The first-order valence-electron chi connectivity index (χ1n) is 8.07. The number of nitrogens with zero attached hydrogens (tertiary/aromatic N) is 1. The molecular weight excluding hydrogens is 332 g/mol. The van der Waals surface area contributed by atoms with Gasteiger partial charge in [0.05, 0.1) is 20.8 Å². The number of carbonyl (C=O) groups excluding carboxylic acids is 1. The summed E-state index contributed by atoms with van der Waals surface area (Å²) in [5.41, 5.74) is 1.56. The van der Waals surface area contributed by atoms with Crippen LogP contribution in [0.2, 0.25) is 0 Å². The minimum Gasteiger partial charge on any atom is -0.496 e. The molecular formula is C17H25ClN2O4. The van der Waals surface area contributed by atoms with Gasteiger partial charge in [-0.05, 0) is 31.5 Å². The minimum absolute atomic E-state index is 0. The molecule has 2 N–H and O–H groups in total. The molecule has 1 aromatic carbocycles. The van der Waals surface area contributed by atoms with E-state index >= 15 is 0 Å². The van der Waals surface area contributed by atoms with E-state index in [2.05, 4.69) is 5.32 Å². The number of fused-ring (bicyclic) bond motifs is 1. The van der Waals surface area contributed by atoms with E-state index in [9.17, 15) is 9.90 Å². The smallest absolute Gasteiger partial charge is 0.224 e. The quantitative estimate of drug-likeness (QED) is 0.858. The second-order valence-corrected chi connectivity index (χ2v) is 6.15. The largest absolute Gasteiger partial charge is 0.496 e. The summed E-state index contributed by atoms with van der Waals surface area (Å²) >= 11 is 0. The summed E-state index contributed by atoms with van der Waals surface area (Å²) in [6, 6.07) is 3.87. The molecule has 2 unspecified atom stereocenters. The van der Waals surface area contributed by atoms with Crippen molar-refractivity contribution >= 4 is 18.3 Å². The number of nitrogens with one attached hydrogen (secondary N) is 1. The van der Waals surface area contributed by atoms with E-state index in [1.165, 1.54) is 0 Å². The van der Waals surface area contributed by atoms with Crippen LogP contribution in [0.25, 0.3) is 0 Å². The highest BCUT2D eigenvalue weighted by molar-refractivity contribution is 5.85. The van der Waals surface area contributed by atoms with Crippen molar-refractivity contribution in [1.82, 2.24) is 10.2 Å². The lowest BCUT2D eigenvalue weighted by molar-refractivity contribution is -0.134. The Labute approximate surface area is 148 Å². The highest BCUT2D eigenvalue weighted by Crippen LogP contribution is 2.39. The molecule has 6 nitrogen and oxygen atoms in total. The lowest BCUT2D eigenvalue weighted by Crippen LogP contribution is -2.41. The van der Waals surface area contributed by atoms with Crippen molar-refractivity contribution in [3.05, 3.63) is 23.3 Å². The van der Waals surface area contributed by atoms with Crippen molar-refractivity contribution in [3.8, 4) is 11.5 Å². The summed E-state index contributed by atoms with van der Waals surface area (Å²) < 4.78 is 10.8. The number of hydrogen-bond donors (Lipinski definition) is 2. The number of aliphatic hydroxyl groups is 1. The molecule has 0 spiro atoms. The fraction of sp³-hybridized carbons (Fsp3) is 0.588. The van der Waals surface area contributed by atoms with E-state index in [0.29, 0.717) is 31.0 Å². The number of benzene rings is 1. The molecule has 2 aliphatic heterocycles. The van der Waals surface area contributed by atoms with Gasteiger partial charge in [-0.25, -0.2) is 0 Å². The summed E-state index contributed by atoms with van der Waals surface area (Å²) in [4.78, 5) is 14.3. The highest BCUT2D eigenvalue weighted by atomic mass is 35.5. The van der Waals surface area contributed by atoms with Gasteiger partial charge in [0.15, 0.2) is 0 Å². The predicted molar refractivity (Wildman–Crippen MR) is 92.8 cm³/mol. The monoisotopic (exact) mass is 356 g/mol. The van der Waals surface area contributed by atoms with E-state index in [1.807, 2.05) is 6.07 Å². The van der Waals surface area contributed by atoms with Crippen LogP contribution in [-0.2, 0) is 11.3 Å². The van der Waals surface area contributed by atoms with Gasteiger partial charge in [-0.1, -0.05) is 0 Å². The van der Waals surface area contributed by atoms with Crippen LogP contribution in [0.1, 0.15) is 36.5 Å². The van der Waals surface area contributed by atoms with Crippen LogP contribution in [0.15, 0.2) is 12.1 Å². The zero-order valence-corrected chi connectivity index (χ0v) is 14.9. The maximum atomic E-state index is 12.6. The summed E-state index contributed by atoms with van der Waals surface area (Å²) in [6.45, 7) is 1.72. The second kappa shape index (κ2) is 8.05. The van der Waals surface area contributed by atoms with Gasteiger partial charge in [0.2, 0.25) is 5.91 Å². The van der Waals surface area contributed by atoms with Gasteiger partial charge in [0, 0.05) is 30.1 Å². The first-order valence-corrected chi connectivity index (χ1v) is 8.07. The molecule has 0 radical (unpaired) electrons. The third-order valence-electron chi connectivity index (χ3n) is 4.73. The van der Waals surface area contributed by atoms with Gasteiger partial charge in [0.1, 0.15) is 17.6 Å². The molecule has 1 aromatic rings. The predicted octanol–water partition coefficient (Wildman–Crippen LogP) is 1.64. The van der Waals surface area contributed by atoms with Gasteiger partial charge in [-0.15, -0.1) is 12.4 Å². The Morgan fingerprint density at radius 2 is 2.04 bits per heavy atom. The van der Waals surface area contributed by atoms with Gasteiger partial charge in [0.25, 0.3) is 0 Å². The number of rotatable bonds is 4. The summed E-state index contributed by atoms with van der Waals surface area (Å²) in [6.07, 6.45) is 1.88. The van der Waals surface area contributed by atoms with E-state index in [4.69, 9.17) is 9.47 Å². The van der Waals surface area contributed by atoms with Gasteiger partial charge in [-0.2, -0.15) is 0 Å². The van der Waals surface area contributed by atoms with E-state index in [-0.39, 0.29) is 24.4 Å². The summed E-state index contributed by atoms with van der Waals surface area (Å²) in [7, 11) is 3.18. The zero-order valence-electron chi connectivity index (χ0n) is 14.1. The van der Waals surface area contributed by atoms with Crippen molar-refractivity contribution in [2.75, 3.05) is 27.3 Å². The third kappa shape index (κ3) is 3.61. The first kappa shape index (κ1) is 18.8. The van der Waals surface area contributed by atoms with Crippen LogP contribution in [0.5, 0.6) is 11.5 Å². The minimum atomic E-state index is -0.760. The fourth-order valence-electron chi connectivity index (χ4n) is 3.54. The number of β-amino-alcohol motifs (C(OH)–C–C–N with tert-alkyl or cyclic N) is 1. The SMILES string of the molecule is COc1ccc(OC)c2c1CN(C(=O)CC1CCCN1)CC2O.Cl. The van der Waals surface area contributed by atoms with Crippen LogP contribution in [-0.4, -0.2) is 49.3 Å². The molecule has 1 fully saturated rings. The van der Waals surface area contributed by atoms with Crippen LogP contribution in [0, 0.1) is 0 Å². The normalized spacial score (nSPS) is 22.5. The topological polar surface area (TPSA) is 71.0 Å². The Kier molecular flexibility index (Phi) is 6.32. The summed E-state index contributed by atoms with van der Waals surface area (Å²) in [5.74, 6) is 1.38. The molecule has 3 rings (SSSR count). The zero-order chi connectivity index (χ0) is 16.4.